The molecule has 2 N–H and O–H groups in total. The van der Waals surface area contributed by atoms with Crippen molar-refractivity contribution in [3.63, 3.8) is 0 Å². The van der Waals surface area contributed by atoms with Crippen molar-refractivity contribution in [2.75, 3.05) is 6.26 Å². The fourth-order valence-corrected chi connectivity index (χ4v) is 2.43. The molecular formula is C15H17F3O7S2. The molecule has 0 aliphatic carbocycles. The molecule has 7 nitrogen and oxygen atoms in total. The van der Waals surface area contributed by atoms with Crippen LogP contribution >= 0.6 is 0 Å². The van der Waals surface area contributed by atoms with Gasteiger partial charge < -0.3 is 9.29 Å². The van der Waals surface area contributed by atoms with Crippen molar-refractivity contribution in [1.29, 1.82) is 0 Å². The number of hydrogen-bond donors (Lipinski definition) is 3. The van der Waals surface area contributed by atoms with Gasteiger partial charge in [0.15, 0.2) is 0 Å². The fraction of sp³-hybridized carbons (Fsp3) is 0.200. The predicted octanol–water partition coefficient (Wildman–Crippen LogP) is 2.86. The predicted molar refractivity (Wildman–Crippen MR) is 93.0 cm³/mol. The number of alkyl halides is 3. The quantitative estimate of drug-likeness (QED) is 0.380. The third-order valence-corrected chi connectivity index (χ3v) is 4.43. The van der Waals surface area contributed by atoms with E-state index in [1.54, 1.807) is 0 Å². The zero-order valence-electron chi connectivity index (χ0n) is 13.8. The highest BCUT2D eigenvalue weighted by molar-refractivity contribution is 7.93. The summed E-state index contributed by atoms with van der Waals surface area (Å²) < 4.78 is 80.3. The van der Waals surface area contributed by atoms with Crippen LogP contribution in [0.1, 0.15) is 5.56 Å². The maximum absolute atomic E-state index is 12.1. The van der Waals surface area contributed by atoms with E-state index in [4.69, 9.17) is 26.4 Å². The Morgan fingerprint density at radius 2 is 1.52 bits per heavy atom. The van der Waals surface area contributed by atoms with Crippen LogP contribution in [0.3, 0.4) is 0 Å². The SMILES string of the molecule is C[SH](=O)(OCc1ccccc1)Oc1ccc(O)cc1.O=S(=O)(O)C(F)(F)F. The molecule has 0 aliphatic heterocycles. The molecule has 0 aliphatic rings. The van der Waals surface area contributed by atoms with Gasteiger partial charge in [-0.05, 0) is 29.8 Å². The van der Waals surface area contributed by atoms with Gasteiger partial charge in [0.25, 0.3) is 0 Å². The second-order valence-corrected chi connectivity index (χ2v) is 8.43. The van der Waals surface area contributed by atoms with E-state index < -0.39 is 26.1 Å². The molecule has 2 aromatic carbocycles. The first-order chi connectivity index (χ1) is 12.3. The number of halogens is 3. The minimum atomic E-state index is -5.84. The first kappa shape index (κ1) is 22.9. The molecule has 0 amide bonds. The third kappa shape index (κ3) is 8.86. The Morgan fingerprint density at radius 3 is 1.96 bits per heavy atom. The molecule has 27 heavy (non-hydrogen) atoms. The van der Waals surface area contributed by atoms with Gasteiger partial charge >= 0.3 is 15.6 Å². The largest absolute Gasteiger partial charge is 0.522 e. The molecule has 0 saturated carbocycles. The zero-order chi connectivity index (χ0) is 20.7. The van der Waals surface area contributed by atoms with Gasteiger partial charge in [0.1, 0.15) is 22.0 Å². The van der Waals surface area contributed by atoms with E-state index in [2.05, 4.69) is 0 Å². The summed E-state index contributed by atoms with van der Waals surface area (Å²) in [6.07, 6.45) is 1.42. The maximum Gasteiger partial charge on any atom is 0.522 e. The van der Waals surface area contributed by atoms with E-state index in [9.17, 15) is 17.4 Å². The first-order valence-electron chi connectivity index (χ1n) is 7.08. The van der Waals surface area contributed by atoms with Crippen molar-refractivity contribution in [2.24, 2.45) is 0 Å². The van der Waals surface area contributed by atoms with E-state index in [1.807, 2.05) is 30.3 Å². The normalized spacial score (nSPS) is 12.6. The van der Waals surface area contributed by atoms with Gasteiger partial charge in [-0.25, -0.2) is 4.21 Å². The summed E-state index contributed by atoms with van der Waals surface area (Å²) in [4.78, 5) is 0. The van der Waals surface area contributed by atoms with Gasteiger partial charge in [0, 0.05) is 6.26 Å². The topological polar surface area (TPSA) is 110 Å². The lowest BCUT2D eigenvalue weighted by Gasteiger charge is -2.21. The van der Waals surface area contributed by atoms with Crippen LogP contribution in [0.5, 0.6) is 11.5 Å². The summed E-state index contributed by atoms with van der Waals surface area (Å²) >= 11 is 0. The van der Waals surface area contributed by atoms with Gasteiger partial charge in [-0.15, -0.1) is 0 Å². The Balaban J connectivity index is 0.000000387. The summed E-state index contributed by atoms with van der Waals surface area (Å²) in [5.41, 5.74) is -4.61. The highest BCUT2D eigenvalue weighted by Crippen LogP contribution is 2.21. The Morgan fingerprint density at radius 1 is 1.04 bits per heavy atom. The van der Waals surface area contributed by atoms with Crippen LogP contribution in [-0.4, -0.2) is 34.1 Å². The van der Waals surface area contributed by atoms with Gasteiger partial charge in [0.05, 0.1) is 6.61 Å². The zero-order valence-corrected chi connectivity index (χ0v) is 15.5. The average Bonchev–Trinajstić information content (AvgIpc) is 2.55. The molecule has 0 fully saturated rings. The molecule has 2 aromatic rings. The van der Waals surface area contributed by atoms with Gasteiger partial charge in [-0.3, -0.25) is 8.74 Å². The van der Waals surface area contributed by atoms with E-state index >= 15 is 0 Å². The Hall–Kier alpha value is -2.15. The fourth-order valence-electron chi connectivity index (χ4n) is 1.49. The summed E-state index contributed by atoms with van der Waals surface area (Å²) in [6.45, 7) is 0.229. The van der Waals surface area contributed by atoms with Gasteiger partial charge in [-0.1, -0.05) is 30.3 Å². The number of phenolic OH excluding ortho intramolecular Hbond substituents is 1. The van der Waals surface area contributed by atoms with Crippen LogP contribution in [-0.2, 0) is 31.4 Å². The summed E-state index contributed by atoms with van der Waals surface area (Å²) in [5.74, 6) is 0.528. The highest BCUT2D eigenvalue weighted by Gasteiger charge is 2.44. The number of rotatable bonds is 5. The molecular weight excluding hydrogens is 413 g/mol. The molecule has 2 rings (SSSR count). The van der Waals surface area contributed by atoms with Gasteiger partial charge in [0.2, 0.25) is 0 Å². The minimum absolute atomic E-state index is 0.128. The molecule has 0 bridgehead atoms. The van der Waals surface area contributed by atoms with Crippen LogP contribution in [0.4, 0.5) is 13.2 Å². The van der Waals surface area contributed by atoms with E-state index in [0.717, 1.165) is 5.56 Å². The molecule has 0 radical (unpaired) electrons. The molecule has 0 aromatic heterocycles. The first-order valence-corrected chi connectivity index (χ1v) is 10.5. The second-order valence-electron chi connectivity index (χ2n) is 5.04. The second kappa shape index (κ2) is 9.17. The molecule has 152 valence electrons. The lowest BCUT2D eigenvalue weighted by molar-refractivity contribution is -0.0510. The van der Waals surface area contributed by atoms with Crippen molar-refractivity contribution in [3.8, 4) is 11.5 Å². The number of phenols is 1. The Bertz CT molecular complexity index is 867. The van der Waals surface area contributed by atoms with Crippen LogP contribution in [0, 0.1) is 0 Å². The standard InChI is InChI=1S/C14H16O4S.CHF3O3S/c1-19(16,17-11-12-5-3-2-4-6-12)18-14-9-7-13(15)8-10-14;2-1(3,4)8(5,6)7/h2-10,15,19H,11H2,1H3;(H,5,6,7). The van der Waals surface area contributed by atoms with E-state index in [-0.39, 0.29) is 12.4 Å². The van der Waals surface area contributed by atoms with Crippen LogP contribution < -0.4 is 4.18 Å². The number of aromatic hydroxyl groups is 1. The van der Waals surface area contributed by atoms with Crippen molar-refractivity contribution in [2.45, 2.75) is 12.1 Å². The smallest absolute Gasteiger partial charge is 0.508 e. The Labute approximate surface area is 154 Å². The summed E-state index contributed by atoms with van der Waals surface area (Å²) in [5, 5.41) is 9.15. The number of thiol groups is 1. The molecule has 0 heterocycles. The lowest BCUT2D eigenvalue weighted by Crippen LogP contribution is -2.21. The summed E-state index contributed by atoms with van der Waals surface area (Å²) in [6, 6.07) is 15.5. The minimum Gasteiger partial charge on any atom is -0.508 e. The average molecular weight is 430 g/mol. The Kier molecular flexibility index (Phi) is 7.77. The molecule has 12 heteroatoms. The van der Waals surface area contributed by atoms with Crippen molar-refractivity contribution < 1.29 is 43.8 Å². The van der Waals surface area contributed by atoms with Crippen LogP contribution in [0.15, 0.2) is 54.6 Å². The van der Waals surface area contributed by atoms with Crippen molar-refractivity contribution in [3.05, 3.63) is 60.2 Å². The molecule has 0 atom stereocenters. The molecule has 0 unspecified atom stereocenters. The van der Waals surface area contributed by atoms with Gasteiger partial charge in [-0.2, -0.15) is 21.6 Å². The number of hydrogen-bond acceptors (Lipinski definition) is 6. The summed E-state index contributed by atoms with van der Waals surface area (Å²) in [7, 11) is -9.02. The van der Waals surface area contributed by atoms with Crippen LogP contribution in [0.2, 0.25) is 0 Å². The van der Waals surface area contributed by atoms with Crippen LogP contribution in [0.25, 0.3) is 0 Å². The van der Waals surface area contributed by atoms with Crippen molar-refractivity contribution in [1.82, 2.24) is 0 Å². The lowest BCUT2D eigenvalue weighted by atomic mass is 10.2. The third-order valence-electron chi connectivity index (χ3n) is 2.71. The van der Waals surface area contributed by atoms with Crippen molar-refractivity contribution >= 4 is 20.6 Å². The molecule has 0 spiro atoms. The maximum atomic E-state index is 12.1. The van der Waals surface area contributed by atoms with E-state index in [1.165, 1.54) is 30.5 Å². The number of benzene rings is 2. The van der Waals surface area contributed by atoms with E-state index in [0.29, 0.717) is 5.75 Å². The highest BCUT2D eigenvalue weighted by atomic mass is 32.3. The molecule has 0 saturated heterocycles. The monoisotopic (exact) mass is 430 g/mol.